The van der Waals surface area contributed by atoms with E-state index in [1.165, 1.54) is 13.4 Å². The summed E-state index contributed by atoms with van der Waals surface area (Å²) in [6.07, 6.45) is 4.04. The number of methoxy groups -OCH3 is 2. The highest BCUT2D eigenvalue weighted by Gasteiger charge is 2.60. The van der Waals surface area contributed by atoms with Gasteiger partial charge in [0.1, 0.15) is 0 Å². The third-order valence-electron chi connectivity index (χ3n) is 6.97. The summed E-state index contributed by atoms with van der Waals surface area (Å²) in [5.41, 5.74) is 2.05. The lowest BCUT2D eigenvalue weighted by Gasteiger charge is -2.45. The van der Waals surface area contributed by atoms with E-state index in [1.807, 2.05) is 18.2 Å². The van der Waals surface area contributed by atoms with Gasteiger partial charge in [-0.05, 0) is 42.9 Å². The zero-order chi connectivity index (χ0) is 19.9. The number of rotatable bonds is 4. The molecule has 0 radical (unpaired) electrons. The minimum Gasteiger partial charge on any atom is -0.504 e. The molecule has 4 rings (SSSR count). The number of anilines is 1. The molecule has 3 aliphatic rings. The predicted octanol–water partition coefficient (Wildman–Crippen LogP) is 2.70. The molecule has 6 heteroatoms. The molecule has 3 aliphatic heterocycles. The fourth-order valence-corrected chi connectivity index (χ4v) is 5.63. The standard InChI is InChI=1S/C22H28N2O4/c1-4-14-12-24-10-9-22(17-7-5-6-8-18(17)23-21(22)26)19(24)11-15(14)16(13-27-2)20(25)28-3/h5-8,13-15,19H,4,9-12H2,1-3H3,(H,23,26). The van der Waals surface area contributed by atoms with Crippen LogP contribution in [0.15, 0.2) is 36.1 Å². The van der Waals surface area contributed by atoms with Crippen molar-refractivity contribution in [3.05, 3.63) is 41.7 Å². The van der Waals surface area contributed by atoms with Gasteiger partial charge in [-0.3, -0.25) is 9.69 Å². The van der Waals surface area contributed by atoms with Crippen LogP contribution in [-0.4, -0.2) is 50.1 Å². The van der Waals surface area contributed by atoms with Gasteiger partial charge in [0.05, 0.1) is 31.5 Å². The first-order valence-corrected chi connectivity index (χ1v) is 10.0. The van der Waals surface area contributed by atoms with E-state index in [4.69, 9.17) is 9.47 Å². The number of benzene rings is 1. The molecule has 1 aromatic rings. The maximum Gasteiger partial charge on any atom is 0.337 e. The van der Waals surface area contributed by atoms with Crippen molar-refractivity contribution in [3.8, 4) is 0 Å². The van der Waals surface area contributed by atoms with E-state index in [1.54, 1.807) is 7.11 Å². The number of hydrogen-bond acceptors (Lipinski definition) is 5. The van der Waals surface area contributed by atoms with Gasteiger partial charge in [0.2, 0.25) is 5.91 Å². The number of nitrogens with zero attached hydrogens (tertiary/aromatic N) is 1. The first-order valence-electron chi connectivity index (χ1n) is 10.0. The first kappa shape index (κ1) is 19.0. The number of hydrogen-bond donors (Lipinski definition) is 1. The molecule has 1 aromatic carbocycles. The molecular formula is C22H28N2O4. The van der Waals surface area contributed by atoms with Crippen LogP contribution in [0.4, 0.5) is 5.69 Å². The molecule has 150 valence electrons. The normalized spacial score (nSPS) is 32.0. The summed E-state index contributed by atoms with van der Waals surface area (Å²) >= 11 is 0. The van der Waals surface area contributed by atoms with Crippen molar-refractivity contribution in [2.45, 2.75) is 37.6 Å². The summed E-state index contributed by atoms with van der Waals surface area (Å²) in [5.74, 6) is 0.0769. The lowest BCUT2D eigenvalue weighted by atomic mass is 9.67. The Kier molecular flexibility index (Phi) is 4.91. The molecule has 0 aromatic heterocycles. The van der Waals surface area contributed by atoms with Crippen molar-refractivity contribution < 1.29 is 19.1 Å². The molecule has 0 bridgehead atoms. The van der Waals surface area contributed by atoms with Crippen molar-refractivity contribution in [1.29, 1.82) is 0 Å². The largest absolute Gasteiger partial charge is 0.504 e. The number of carbonyl (C=O) groups excluding carboxylic acids is 2. The van der Waals surface area contributed by atoms with Crippen LogP contribution in [0.5, 0.6) is 0 Å². The second-order valence-electron chi connectivity index (χ2n) is 8.04. The number of nitrogens with one attached hydrogen (secondary N) is 1. The molecule has 3 heterocycles. The highest BCUT2D eigenvalue weighted by atomic mass is 16.5. The lowest BCUT2D eigenvalue weighted by molar-refractivity contribution is -0.137. The summed E-state index contributed by atoms with van der Waals surface area (Å²) in [5, 5.41) is 3.10. The van der Waals surface area contributed by atoms with E-state index < -0.39 is 5.41 Å². The van der Waals surface area contributed by atoms with Gasteiger partial charge in [0, 0.05) is 18.3 Å². The van der Waals surface area contributed by atoms with Crippen LogP contribution in [0.2, 0.25) is 0 Å². The van der Waals surface area contributed by atoms with E-state index in [0.29, 0.717) is 11.5 Å². The van der Waals surface area contributed by atoms with Crippen LogP contribution < -0.4 is 5.32 Å². The molecule has 4 atom stereocenters. The first-order chi connectivity index (χ1) is 13.6. The molecule has 2 saturated heterocycles. The summed E-state index contributed by atoms with van der Waals surface area (Å²) in [7, 11) is 2.95. The third-order valence-corrected chi connectivity index (χ3v) is 6.97. The zero-order valence-electron chi connectivity index (χ0n) is 16.7. The molecule has 28 heavy (non-hydrogen) atoms. The van der Waals surface area contributed by atoms with Gasteiger partial charge in [-0.15, -0.1) is 0 Å². The quantitative estimate of drug-likeness (QED) is 0.491. The Bertz CT molecular complexity index is 821. The Morgan fingerprint density at radius 2 is 2.14 bits per heavy atom. The van der Waals surface area contributed by atoms with Crippen molar-refractivity contribution in [1.82, 2.24) is 4.90 Å². The van der Waals surface area contributed by atoms with Crippen LogP contribution in [0.3, 0.4) is 0 Å². The van der Waals surface area contributed by atoms with Crippen LogP contribution in [0.25, 0.3) is 0 Å². The average Bonchev–Trinajstić information content (AvgIpc) is 3.23. The second-order valence-corrected chi connectivity index (χ2v) is 8.04. The maximum atomic E-state index is 13.2. The SMILES string of the molecule is CCC1CN2CCC3(C(=O)Nc4ccccc43)C2CC1C(=COC)C(=O)OC. The minimum absolute atomic E-state index is 0.00851. The Balaban J connectivity index is 1.74. The Hall–Kier alpha value is -2.34. The monoisotopic (exact) mass is 384 g/mol. The molecule has 2 fully saturated rings. The van der Waals surface area contributed by atoms with E-state index in [9.17, 15) is 9.59 Å². The van der Waals surface area contributed by atoms with Crippen molar-refractivity contribution in [3.63, 3.8) is 0 Å². The van der Waals surface area contributed by atoms with Crippen LogP contribution in [0.1, 0.15) is 31.7 Å². The number of piperidine rings is 1. The van der Waals surface area contributed by atoms with Gasteiger partial charge in [-0.25, -0.2) is 4.79 Å². The minimum atomic E-state index is -0.540. The fourth-order valence-electron chi connectivity index (χ4n) is 5.63. The molecule has 0 aliphatic carbocycles. The van der Waals surface area contributed by atoms with E-state index >= 15 is 0 Å². The molecule has 4 unspecified atom stereocenters. The van der Waals surface area contributed by atoms with Crippen LogP contribution >= 0.6 is 0 Å². The van der Waals surface area contributed by atoms with Gasteiger partial charge in [0.25, 0.3) is 0 Å². The van der Waals surface area contributed by atoms with Gasteiger partial charge in [0.15, 0.2) is 0 Å². The Morgan fingerprint density at radius 3 is 2.86 bits per heavy atom. The number of carbonyl (C=O) groups is 2. The molecule has 0 saturated carbocycles. The number of esters is 1. The Labute approximate surface area is 165 Å². The molecule has 1 amide bonds. The summed E-state index contributed by atoms with van der Waals surface area (Å²) < 4.78 is 10.3. The van der Waals surface area contributed by atoms with E-state index in [2.05, 4.69) is 23.2 Å². The average molecular weight is 384 g/mol. The number of fused-ring (bicyclic) bond motifs is 4. The van der Waals surface area contributed by atoms with Gasteiger partial charge in [-0.1, -0.05) is 31.5 Å². The van der Waals surface area contributed by atoms with Gasteiger partial charge < -0.3 is 14.8 Å². The number of para-hydroxylation sites is 1. The van der Waals surface area contributed by atoms with Crippen molar-refractivity contribution in [2.75, 3.05) is 32.6 Å². The molecule has 1 spiro atoms. The summed E-state index contributed by atoms with van der Waals surface area (Å²) in [6.45, 7) is 3.93. The lowest BCUT2D eigenvalue weighted by Crippen LogP contribution is -2.53. The van der Waals surface area contributed by atoms with Crippen molar-refractivity contribution in [2.24, 2.45) is 11.8 Å². The summed E-state index contributed by atoms with van der Waals surface area (Å²) in [4.78, 5) is 28.1. The molecular weight excluding hydrogens is 356 g/mol. The Morgan fingerprint density at radius 1 is 1.36 bits per heavy atom. The fraction of sp³-hybridized carbons (Fsp3) is 0.545. The number of amides is 1. The van der Waals surface area contributed by atoms with Gasteiger partial charge >= 0.3 is 5.97 Å². The number of ether oxygens (including phenoxy) is 2. The van der Waals surface area contributed by atoms with Crippen LogP contribution in [0, 0.1) is 11.8 Å². The van der Waals surface area contributed by atoms with Crippen molar-refractivity contribution >= 4 is 17.6 Å². The van der Waals surface area contributed by atoms with Crippen LogP contribution in [-0.2, 0) is 24.5 Å². The highest BCUT2D eigenvalue weighted by molar-refractivity contribution is 6.07. The smallest absolute Gasteiger partial charge is 0.337 e. The highest BCUT2D eigenvalue weighted by Crippen LogP contribution is 2.53. The summed E-state index contributed by atoms with van der Waals surface area (Å²) in [6, 6.07) is 8.07. The molecule has 6 nitrogen and oxygen atoms in total. The zero-order valence-corrected chi connectivity index (χ0v) is 16.7. The van der Waals surface area contributed by atoms with E-state index in [0.717, 1.165) is 43.6 Å². The topological polar surface area (TPSA) is 67.9 Å². The van der Waals surface area contributed by atoms with E-state index in [-0.39, 0.29) is 23.8 Å². The predicted molar refractivity (Wildman–Crippen MR) is 106 cm³/mol. The maximum absolute atomic E-state index is 13.2. The second kappa shape index (κ2) is 7.24. The molecule has 1 N–H and O–H groups in total. The van der Waals surface area contributed by atoms with Gasteiger partial charge in [-0.2, -0.15) is 0 Å². The third kappa shape index (κ3) is 2.65.